The zero-order valence-electron chi connectivity index (χ0n) is 10.1. The third kappa shape index (κ3) is 1.99. The van der Waals surface area contributed by atoms with Crippen molar-refractivity contribution in [3.05, 3.63) is 35.1 Å². The second kappa shape index (κ2) is 4.17. The quantitative estimate of drug-likeness (QED) is 0.809. The first-order valence-corrected chi connectivity index (χ1v) is 6.04. The Kier molecular flexibility index (Phi) is 3.02. The predicted molar refractivity (Wildman–Crippen MR) is 64.6 cm³/mol. The van der Waals surface area contributed by atoms with Crippen LogP contribution in [0.3, 0.4) is 0 Å². The van der Waals surface area contributed by atoms with Gasteiger partial charge in [-0.05, 0) is 48.4 Å². The maximum Gasteiger partial charge on any atom is 0.123 e. The summed E-state index contributed by atoms with van der Waals surface area (Å²) in [5, 5.41) is 0. The minimum atomic E-state index is -0.176. The fraction of sp³-hybridized carbons (Fsp3) is 0.571. The van der Waals surface area contributed by atoms with Crippen molar-refractivity contribution in [1.82, 2.24) is 0 Å². The number of halogens is 1. The zero-order chi connectivity index (χ0) is 11.8. The van der Waals surface area contributed by atoms with Gasteiger partial charge in [0.1, 0.15) is 5.82 Å². The lowest BCUT2D eigenvalue weighted by molar-refractivity contribution is 0.264. The molecule has 0 saturated heterocycles. The van der Waals surface area contributed by atoms with Crippen molar-refractivity contribution in [2.24, 2.45) is 11.1 Å². The lowest BCUT2D eigenvalue weighted by Crippen LogP contribution is -2.30. The number of hydrogen-bond acceptors (Lipinski definition) is 1. The first kappa shape index (κ1) is 11.6. The fourth-order valence-electron chi connectivity index (χ4n) is 2.86. The van der Waals surface area contributed by atoms with Crippen molar-refractivity contribution in [2.75, 3.05) is 0 Å². The molecule has 1 unspecified atom stereocenters. The molecule has 1 atom stereocenters. The smallest absolute Gasteiger partial charge is 0.123 e. The molecule has 16 heavy (non-hydrogen) atoms. The van der Waals surface area contributed by atoms with E-state index in [0.717, 1.165) is 11.1 Å². The Labute approximate surface area is 96.9 Å². The van der Waals surface area contributed by atoms with E-state index in [9.17, 15) is 4.39 Å². The van der Waals surface area contributed by atoms with Gasteiger partial charge in [-0.25, -0.2) is 4.39 Å². The molecule has 1 saturated carbocycles. The standard InChI is InChI=1S/C14H20FN/c1-10-9-11(15)5-6-12(10)13(16)14(2)7-3-4-8-14/h5-6,9,13H,3-4,7-8,16H2,1-2H3. The molecule has 2 rings (SSSR count). The van der Waals surface area contributed by atoms with E-state index < -0.39 is 0 Å². The summed E-state index contributed by atoms with van der Waals surface area (Å²) in [4.78, 5) is 0. The zero-order valence-corrected chi connectivity index (χ0v) is 10.1. The molecule has 1 aromatic rings. The largest absolute Gasteiger partial charge is 0.323 e. The van der Waals surface area contributed by atoms with Crippen molar-refractivity contribution in [2.45, 2.75) is 45.6 Å². The lowest BCUT2D eigenvalue weighted by atomic mass is 9.77. The summed E-state index contributed by atoms with van der Waals surface area (Å²) in [6, 6.07) is 4.98. The SMILES string of the molecule is Cc1cc(F)ccc1C(N)C1(C)CCCC1. The van der Waals surface area contributed by atoms with Crippen LogP contribution in [-0.2, 0) is 0 Å². The van der Waals surface area contributed by atoms with Gasteiger partial charge in [0, 0.05) is 6.04 Å². The van der Waals surface area contributed by atoms with E-state index in [1.807, 2.05) is 13.0 Å². The number of benzene rings is 1. The Morgan fingerprint density at radius 3 is 2.50 bits per heavy atom. The normalized spacial score (nSPS) is 21.0. The molecule has 0 amide bonds. The molecular formula is C14H20FN. The van der Waals surface area contributed by atoms with Crippen LogP contribution >= 0.6 is 0 Å². The molecule has 0 aromatic heterocycles. The van der Waals surface area contributed by atoms with E-state index in [0.29, 0.717) is 0 Å². The Balaban J connectivity index is 2.29. The Bertz CT molecular complexity index is 380. The summed E-state index contributed by atoms with van der Waals surface area (Å²) in [6.45, 7) is 4.20. The van der Waals surface area contributed by atoms with Crippen LogP contribution in [0.15, 0.2) is 18.2 Å². The van der Waals surface area contributed by atoms with Crippen molar-refractivity contribution in [3.63, 3.8) is 0 Å². The number of nitrogens with two attached hydrogens (primary N) is 1. The molecule has 1 fully saturated rings. The van der Waals surface area contributed by atoms with Crippen molar-refractivity contribution in [1.29, 1.82) is 0 Å². The Hall–Kier alpha value is -0.890. The molecule has 2 heteroatoms. The molecule has 0 spiro atoms. The highest BCUT2D eigenvalue weighted by molar-refractivity contribution is 5.30. The number of rotatable bonds is 2. The maximum absolute atomic E-state index is 13.0. The van der Waals surface area contributed by atoms with E-state index in [1.54, 1.807) is 6.07 Å². The summed E-state index contributed by atoms with van der Waals surface area (Å²) in [6.07, 6.45) is 4.91. The van der Waals surface area contributed by atoms with Gasteiger partial charge in [-0.15, -0.1) is 0 Å². The van der Waals surface area contributed by atoms with Gasteiger partial charge in [0.05, 0.1) is 0 Å². The van der Waals surface area contributed by atoms with Crippen LogP contribution in [0.2, 0.25) is 0 Å². The summed E-state index contributed by atoms with van der Waals surface area (Å²) in [5.41, 5.74) is 8.64. The van der Waals surface area contributed by atoms with Crippen molar-refractivity contribution < 1.29 is 4.39 Å². The van der Waals surface area contributed by atoms with Gasteiger partial charge in [-0.1, -0.05) is 25.8 Å². The second-order valence-electron chi connectivity index (χ2n) is 5.34. The topological polar surface area (TPSA) is 26.0 Å². The molecule has 1 aliphatic carbocycles. The number of hydrogen-bond donors (Lipinski definition) is 1. The van der Waals surface area contributed by atoms with Crippen molar-refractivity contribution >= 4 is 0 Å². The summed E-state index contributed by atoms with van der Waals surface area (Å²) >= 11 is 0. The summed E-state index contributed by atoms with van der Waals surface area (Å²) in [5.74, 6) is -0.176. The lowest BCUT2D eigenvalue weighted by Gasteiger charge is -2.32. The second-order valence-corrected chi connectivity index (χ2v) is 5.34. The van der Waals surface area contributed by atoms with Gasteiger partial charge < -0.3 is 5.73 Å². The van der Waals surface area contributed by atoms with Gasteiger partial charge in [0.2, 0.25) is 0 Å². The molecule has 0 bridgehead atoms. The van der Waals surface area contributed by atoms with Crippen LogP contribution in [0, 0.1) is 18.2 Å². The first-order chi connectivity index (χ1) is 7.53. The van der Waals surface area contributed by atoms with E-state index in [2.05, 4.69) is 6.92 Å². The van der Waals surface area contributed by atoms with E-state index in [4.69, 9.17) is 5.73 Å². The highest BCUT2D eigenvalue weighted by Gasteiger charge is 2.36. The third-order valence-electron chi connectivity index (χ3n) is 4.06. The predicted octanol–water partition coefficient (Wildman–Crippen LogP) is 3.71. The molecule has 0 aliphatic heterocycles. The van der Waals surface area contributed by atoms with Crippen molar-refractivity contribution in [3.8, 4) is 0 Å². The Morgan fingerprint density at radius 2 is 1.94 bits per heavy atom. The molecule has 0 radical (unpaired) electrons. The summed E-state index contributed by atoms with van der Waals surface area (Å²) in [7, 11) is 0. The van der Waals surface area contributed by atoms with Gasteiger partial charge in [-0.2, -0.15) is 0 Å². The number of aryl methyl sites for hydroxylation is 1. The van der Waals surface area contributed by atoms with Gasteiger partial charge in [0.15, 0.2) is 0 Å². The minimum Gasteiger partial charge on any atom is -0.323 e. The first-order valence-electron chi connectivity index (χ1n) is 6.04. The van der Waals surface area contributed by atoms with E-state index in [-0.39, 0.29) is 17.3 Å². The fourth-order valence-corrected chi connectivity index (χ4v) is 2.86. The molecular weight excluding hydrogens is 201 g/mol. The monoisotopic (exact) mass is 221 g/mol. The van der Waals surface area contributed by atoms with Crippen LogP contribution in [0.4, 0.5) is 4.39 Å². The van der Waals surface area contributed by atoms with Crippen LogP contribution in [0.5, 0.6) is 0 Å². The van der Waals surface area contributed by atoms with Gasteiger partial charge in [0.25, 0.3) is 0 Å². The third-order valence-corrected chi connectivity index (χ3v) is 4.06. The summed E-state index contributed by atoms with van der Waals surface area (Å²) < 4.78 is 13.0. The highest BCUT2D eigenvalue weighted by atomic mass is 19.1. The van der Waals surface area contributed by atoms with E-state index in [1.165, 1.54) is 31.7 Å². The molecule has 1 aliphatic rings. The molecule has 1 nitrogen and oxygen atoms in total. The van der Waals surface area contributed by atoms with E-state index >= 15 is 0 Å². The van der Waals surface area contributed by atoms with Crippen LogP contribution in [0.1, 0.15) is 49.8 Å². The molecule has 88 valence electrons. The minimum absolute atomic E-state index is 0.0376. The van der Waals surface area contributed by atoms with Crippen LogP contribution in [0.25, 0.3) is 0 Å². The molecule has 2 N–H and O–H groups in total. The average Bonchev–Trinajstić information content (AvgIpc) is 2.66. The molecule has 0 heterocycles. The average molecular weight is 221 g/mol. The Morgan fingerprint density at radius 1 is 1.31 bits per heavy atom. The van der Waals surface area contributed by atoms with Gasteiger partial charge >= 0.3 is 0 Å². The highest BCUT2D eigenvalue weighted by Crippen LogP contribution is 2.46. The van der Waals surface area contributed by atoms with Crippen LogP contribution < -0.4 is 5.73 Å². The maximum atomic E-state index is 13.0. The molecule has 1 aromatic carbocycles. The van der Waals surface area contributed by atoms with Gasteiger partial charge in [-0.3, -0.25) is 0 Å². The van der Waals surface area contributed by atoms with Crippen LogP contribution in [-0.4, -0.2) is 0 Å².